The van der Waals surface area contributed by atoms with E-state index in [1.165, 1.54) is 24.3 Å². The third-order valence-corrected chi connectivity index (χ3v) is 4.97. The van der Waals surface area contributed by atoms with Crippen molar-refractivity contribution in [2.75, 3.05) is 19.6 Å². The van der Waals surface area contributed by atoms with Crippen molar-refractivity contribution < 1.29 is 8.78 Å². The second-order valence-electron chi connectivity index (χ2n) is 6.89. The first-order chi connectivity index (χ1) is 13.0. The minimum absolute atomic E-state index is 0.158. The lowest BCUT2D eigenvalue weighted by atomic mass is 10.1. The number of nitrogens with zero attached hydrogens (tertiary/aromatic N) is 4. The Balaban J connectivity index is 1.65. The zero-order valence-electron chi connectivity index (χ0n) is 15.1. The van der Waals surface area contributed by atoms with Gasteiger partial charge >= 0.3 is 0 Å². The van der Waals surface area contributed by atoms with Gasteiger partial charge in [-0.15, -0.1) is 0 Å². The lowest BCUT2D eigenvalue weighted by molar-refractivity contribution is 0.0718. The molecule has 4 nitrogen and oxygen atoms in total. The summed E-state index contributed by atoms with van der Waals surface area (Å²) in [5, 5.41) is 18.0. The average Bonchev–Trinajstić information content (AvgIpc) is 2.67. The van der Waals surface area contributed by atoms with E-state index >= 15 is 0 Å². The molecule has 1 fully saturated rings. The Kier molecular flexibility index (Phi) is 5.81. The molecule has 0 N–H and O–H groups in total. The van der Waals surface area contributed by atoms with Crippen LogP contribution in [0.25, 0.3) is 0 Å². The fraction of sp³-hybridized carbons (Fsp3) is 0.333. The second-order valence-corrected chi connectivity index (χ2v) is 6.89. The van der Waals surface area contributed by atoms with Crippen LogP contribution in [0.15, 0.2) is 36.4 Å². The molecule has 1 heterocycles. The van der Waals surface area contributed by atoms with Gasteiger partial charge in [0.1, 0.15) is 11.6 Å². The number of halogens is 2. The maximum atomic E-state index is 14.1. The molecular weight excluding hydrogens is 346 g/mol. The fourth-order valence-electron chi connectivity index (χ4n) is 3.44. The second kappa shape index (κ2) is 8.26. The highest BCUT2D eigenvalue weighted by Crippen LogP contribution is 2.20. The molecule has 2 aromatic carbocycles. The lowest BCUT2D eigenvalue weighted by Crippen LogP contribution is -2.51. The Morgan fingerprint density at radius 3 is 2.00 bits per heavy atom. The standard InChI is InChI=1S/C21H20F2N4/c1-15-12-26(13-18-8-16(10-24)2-4-20(18)22)6-7-27(15)14-19-9-17(11-25)3-5-21(19)23/h2-5,8-9,15H,6-7,12-14H2,1H3/t15-/m0/s1. The molecule has 138 valence electrons. The third-order valence-electron chi connectivity index (χ3n) is 4.97. The summed E-state index contributed by atoms with van der Waals surface area (Å²) < 4.78 is 28.1. The minimum atomic E-state index is -0.306. The molecule has 0 aliphatic carbocycles. The van der Waals surface area contributed by atoms with Gasteiger partial charge < -0.3 is 0 Å². The predicted molar refractivity (Wildman–Crippen MR) is 97.4 cm³/mol. The van der Waals surface area contributed by atoms with Crippen LogP contribution in [0.1, 0.15) is 29.2 Å². The van der Waals surface area contributed by atoms with Gasteiger partial charge in [-0.3, -0.25) is 9.80 Å². The number of piperazine rings is 1. The first-order valence-corrected chi connectivity index (χ1v) is 8.83. The van der Waals surface area contributed by atoms with Gasteiger partial charge in [0.05, 0.1) is 23.3 Å². The monoisotopic (exact) mass is 366 g/mol. The molecule has 0 bridgehead atoms. The molecule has 1 aliphatic rings. The summed E-state index contributed by atoms with van der Waals surface area (Å²) in [6, 6.07) is 13.0. The molecular formula is C21H20F2N4. The Morgan fingerprint density at radius 1 is 0.926 bits per heavy atom. The SMILES string of the molecule is C[C@H]1CN(Cc2cc(C#N)ccc2F)CCN1Cc1cc(C#N)ccc1F. The Morgan fingerprint density at radius 2 is 1.48 bits per heavy atom. The quantitative estimate of drug-likeness (QED) is 0.832. The molecule has 1 saturated heterocycles. The van der Waals surface area contributed by atoms with Crippen molar-refractivity contribution in [1.29, 1.82) is 10.5 Å². The smallest absolute Gasteiger partial charge is 0.127 e. The predicted octanol–water partition coefficient (Wildman–Crippen LogP) is 3.41. The van der Waals surface area contributed by atoms with Crippen molar-refractivity contribution in [2.24, 2.45) is 0 Å². The first kappa shape index (κ1) is 19.0. The number of benzene rings is 2. The van der Waals surface area contributed by atoms with Crippen molar-refractivity contribution in [3.05, 3.63) is 70.3 Å². The van der Waals surface area contributed by atoms with E-state index in [4.69, 9.17) is 10.5 Å². The largest absolute Gasteiger partial charge is 0.296 e. The molecule has 3 rings (SSSR count). The molecule has 1 atom stereocenters. The van der Waals surface area contributed by atoms with Crippen molar-refractivity contribution in [3.8, 4) is 12.1 Å². The van der Waals surface area contributed by atoms with Crippen LogP contribution in [-0.2, 0) is 13.1 Å². The summed E-state index contributed by atoms with van der Waals surface area (Å²) in [7, 11) is 0. The van der Waals surface area contributed by atoms with E-state index in [1.54, 1.807) is 12.1 Å². The van der Waals surface area contributed by atoms with Gasteiger partial charge in [0.15, 0.2) is 0 Å². The van der Waals surface area contributed by atoms with Crippen LogP contribution in [0.5, 0.6) is 0 Å². The van der Waals surface area contributed by atoms with Crippen LogP contribution in [0.3, 0.4) is 0 Å². The van der Waals surface area contributed by atoms with E-state index in [0.29, 0.717) is 35.3 Å². The normalized spacial score (nSPS) is 18.0. The highest BCUT2D eigenvalue weighted by molar-refractivity contribution is 5.34. The summed E-state index contributed by atoms with van der Waals surface area (Å²) in [4.78, 5) is 4.31. The van der Waals surface area contributed by atoms with Gasteiger partial charge in [-0.1, -0.05) is 0 Å². The molecule has 27 heavy (non-hydrogen) atoms. The molecule has 1 aliphatic heterocycles. The maximum absolute atomic E-state index is 14.1. The molecule has 0 aromatic heterocycles. The van der Waals surface area contributed by atoms with E-state index in [1.807, 2.05) is 12.1 Å². The molecule has 2 aromatic rings. The van der Waals surface area contributed by atoms with Crippen LogP contribution in [0.2, 0.25) is 0 Å². The Labute approximate surface area is 157 Å². The highest BCUT2D eigenvalue weighted by Gasteiger charge is 2.25. The molecule has 0 amide bonds. The van der Waals surface area contributed by atoms with Crippen molar-refractivity contribution in [1.82, 2.24) is 9.80 Å². The zero-order chi connectivity index (χ0) is 19.4. The fourth-order valence-corrected chi connectivity index (χ4v) is 3.44. The van der Waals surface area contributed by atoms with Gasteiger partial charge in [-0.25, -0.2) is 8.78 Å². The Bertz CT molecular complexity index is 913. The topological polar surface area (TPSA) is 54.1 Å². The van der Waals surface area contributed by atoms with Gasteiger partial charge in [0.25, 0.3) is 0 Å². The van der Waals surface area contributed by atoms with E-state index in [2.05, 4.69) is 16.7 Å². The van der Waals surface area contributed by atoms with E-state index in [9.17, 15) is 8.78 Å². The van der Waals surface area contributed by atoms with Gasteiger partial charge in [0, 0.05) is 49.9 Å². The van der Waals surface area contributed by atoms with Crippen molar-refractivity contribution in [3.63, 3.8) is 0 Å². The van der Waals surface area contributed by atoms with Crippen molar-refractivity contribution in [2.45, 2.75) is 26.1 Å². The Hall–Kier alpha value is -2.80. The van der Waals surface area contributed by atoms with Crippen LogP contribution < -0.4 is 0 Å². The summed E-state index contributed by atoms with van der Waals surface area (Å²) >= 11 is 0. The summed E-state index contributed by atoms with van der Waals surface area (Å²) in [5.74, 6) is -0.613. The van der Waals surface area contributed by atoms with Gasteiger partial charge in [0.2, 0.25) is 0 Å². The molecule has 6 heteroatoms. The first-order valence-electron chi connectivity index (χ1n) is 8.83. The molecule has 0 spiro atoms. The number of nitriles is 2. The number of hydrogen-bond donors (Lipinski definition) is 0. The molecule has 0 unspecified atom stereocenters. The summed E-state index contributed by atoms with van der Waals surface area (Å²) in [6.07, 6.45) is 0. The van der Waals surface area contributed by atoms with Crippen LogP contribution in [0.4, 0.5) is 8.78 Å². The lowest BCUT2D eigenvalue weighted by Gasteiger charge is -2.40. The van der Waals surface area contributed by atoms with Gasteiger partial charge in [-0.05, 0) is 43.3 Å². The van der Waals surface area contributed by atoms with E-state index in [-0.39, 0.29) is 17.7 Å². The number of hydrogen-bond acceptors (Lipinski definition) is 4. The molecule has 0 radical (unpaired) electrons. The summed E-state index contributed by atoms with van der Waals surface area (Å²) in [5.41, 5.74) is 1.93. The third kappa shape index (κ3) is 4.49. The number of rotatable bonds is 4. The van der Waals surface area contributed by atoms with E-state index < -0.39 is 0 Å². The zero-order valence-corrected chi connectivity index (χ0v) is 15.1. The van der Waals surface area contributed by atoms with Crippen LogP contribution in [-0.4, -0.2) is 35.5 Å². The minimum Gasteiger partial charge on any atom is -0.296 e. The maximum Gasteiger partial charge on any atom is 0.127 e. The summed E-state index contributed by atoms with van der Waals surface area (Å²) in [6.45, 7) is 5.10. The van der Waals surface area contributed by atoms with Crippen molar-refractivity contribution >= 4 is 0 Å². The van der Waals surface area contributed by atoms with E-state index in [0.717, 1.165) is 19.6 Å². The van der Waals surface area contributed by atoms with Crippen LogP contribution >= 0.6 is 0 Å². The van der Waals surface area contributed by atoms with Crippen LogP contribution in [0, 0.1) is 34.3 Å². The van der Waals surface area contributed by atoms with Gasteiger partial charge in [-0.2, -0.15) is 10.5 Å². The molecule has 0 saturated carbocycles. The average molecular weight is 366 g/mol. The highest BCUT2D eigenvalue weighted by atomic mass is 19.1.